The fourth-order valence-corrected chi connectivity index (χ4v) is 2.35. The molecule has 6 nitrogen and oxygen atoms in total. The molecule has 21 heavy (non-hydrogen) atoms. The molecule has 1 saturated heterocycles. The van der Waals surface area contributed by atoms with E-state index in [0.29, 0.717) is 30.4 Å². The Hall–Kier alpha value is -1.92. The lowest BCUT2D eigenvalue weighted by Gasteiger charge is -2.26. The first-order valence-electron chi connectivity index (χ1n) is 7.06. The third-order valence-electron chi connectivity index (χ3n) is 3.56. The van der Waals surface area contributed by atoms with Crippen molar-refractivity contribution in [3.63, 3.8) is 0 Å². The fourth-order valence-electron chi connectivity index (χ4n) is 2.35. The molecule has 0 unspecified atom stereocenters. The first kappa shape index (κ1) is 14.0. The number of hydrogen-bond donors (Lipinski definition) is 1. The number of methoxy groups -OCH3 is 1. The van der Waals surface area contributed by atoms with E-state index in [2.05, 4.69) is 9.97 Å². The van der Waals surface area contributed by atoms with Crippen LogP contribution in [0, 0.1) is 0 Å². The van der Waals surface area contributed by atoms with Crippen molar-refractivity contribution in [1.82, 2.24) is 9.97 Å². The molecule has 0 saturated carbocycles. The van der Waals surface area contributed by atoms with Crippen molar-refractivity contribution in [3.05, 3.63) is 24.4 Å². The molecule has 1 aliphatic rings. The van der Waals surface area contributed by atoms with Gasteiger partial charge in [0.2, 0.25) is 5.88 Å². The summed E-state index contributed by atoms with van der Waals surface area (Å²) in [5, 5.41) is 0. The second-order valence-electron chi connectivity index (χ2n) is 5.13. The van der Waals surface area contributed by atoms with Gasteiger partial charge in [-0.25, -0.2) is 4.98 Å². The Labute approximate surface area is 123 Å². The molecule has 0 aliphatic carbocycles. The molecule has 0 bridgehead atoms. The molecule has 1 aliphatic heterocycles. The van der Waals surface area contributed by atoms with Crippen molar-refractivity contribution in [1.29, 1.82) is 0 Å². The highest BCUT2D eigenvalue weighted by molar-refractivity contribution is 5.80. The van der Waals surface area contributed by atoms with Crippen LogP contribution in [-0.2, 0) is 4.74 Å². The van der Waals surface area contributed by atoms with Crippen LogP contribution in [0.2, 0.25) is 0 Å². The van der Waals surface area contributed by atoms with E-state index in [1.807, 2.05) is 12.1 Å². The SMILES string of the molecule is COc1ccc2nccc(OC[C@@H]3CC[C@@H](N)CO3)c2n1. The van der Waals surface area contributed by atoms with Gasteiger partial charge in [-0.2, -0.15) is 0 Å². The third-order valence-corrected chi connectivity index (χ3v) is 3.56. The van der Waals surface area contributed by atoms with Gasteiger partial charge in [-0.1, -0.05) is 0 Å². The first-order valence-corrected chi connectivity index (χ1v) is 7.06. The molecule has 0 radical (unpaired) electrons. The summed E-state index contributed by atoms with van der Waals surface area (Å²) >= 11 is 0. The van der Waals surface area contributed by atoms with Gasteiger partial charge < -0.3 is 19.9 Å². The Kier molecular flexibility index (Phi) is 4.17. The average Bonchev–Trinajstić information content (AvgIpc) is 2.54. The molecule has 2 atom stereocenters. The molecule has 0 spiro atoms. The summed E-state index contributed by atoms with van der Waals surface area (Å²) in [4.78, 5) is 8.68. The molecule has 2 N–H and O–H groups in total. The highest BCUT2D eigenvalue weighted by atomic mass is 16.5. The number of hydrogen-bond acceptors (Lipinski definition) is 6. The van der Waals surface area contributed by atoms with Crippen LogP contribution < -0.4 is 15.2 Å². The zero-order valence-electron chi connectivity index (χ0n) is 12.0. The molecular formula is C15H19N3O3. The van der Waals surface area contributed by atoms with E-state index < -0.39 is 0 Å². The minimum atomic E-state index is 0.0821. The van der Waals surface area contributed by atoms with Crippen LogP contribution in [0.5, 0.6) is 11.6 Å². The lowest BCUT2D eigenvalue weighted by molar-refractivity contribution is -0.0194. The van der Waals surface area contributed by atoms with Crippen LogP contribution in [0.1, 0.15) is 12.8 Å². The van der Waals surface area contributed by atoms with Gasteiger partial charge in [-0.05, 0) is 18.9 Å². The lowest BCUT2D eigenvalue weighted by Crippen LogP contribution is -2.37. The molecular weight excluding hydrogens is 270 g/mol. The van der Waals surface area contributed by atoms with E-state index in [9.17, 15) is 0 Å². The number of pyridine rings is 2. The zero-order valence-corrected chi connectivity index (χ0v) is 12.0. The van der Waals surface area contributed by atoms with Crippen LogP contribution in [0.3, 0.4) is 0 Å². The predicted molar refractivity (Wildman–Crippen MR) is 78.5 cm³/mol. The van der Waals surface area contributed by atoms with Crippen molar-refractivity contribution in [2.24, 2.45) is 5.73 Å². The third kappa shape index (κ3) is 3.22. The van der Waals surface area contributed by atoms with Crippen molar-refractivity contribution in [2.45, 2.75) is 25.0 Å². The van der Waals surface area contributed by atoms with E-state index in [0.717, 1.165) is 18.4 Å². The maximum atomic E-state index is 5.87. The summed E-state index contributed by atoms with van der Waals surface area (Å²) in [7, 11) is 1.59. The summed E-state index contributed by atoms with van der Waals surface area (Å²) in [5.41, 5.74) is 7.29. The Morgan fingerprint density at radius 2 is 2.24 bits per heavy atom. The molecule has 3 heterocycles. The highest BCUT2D eigenvalue weighted by Crippen LogP contribution is 2.25. The number of rotatable bonds is 4. The van der Waals surface area contributed by atoms with Crippen LogP contribution in [-0.4, -0.2) is 42.4 Å². The fraction of sp³-hybridized carbons (Fsp3) is 0.467. The molecule has 6 heteroatoms. The molecule has 2 aromatic heterocycles. The Morgan fingerprint density at radius 3 is 3.00 bits per heavy atom. The van der Waals surface area contributed by atoms with Crippen molar-refractivity contribution in [3.8, 4) is 11.6 Å². The molecule has 2 aromatic rings. The van der Waals surface area contributed by atoms with Gasteiger partial charge in [-0.3, -0.25) is 4.98 Å². The van der Waals surface area contributed by atoms with Crippen molar-refractivity contribution < 1.29 is 14.2 Å². The topological polar surface area (TPSA) is 79.5 Å². The van der Waals surface area contributed by atoms with E-state index in [1.54, 1.807) is 19.4 Å². The summed E-state index contributed by atoms with van der Waals surface area (Å²) in [6.07, 6.45) is 3.68. The normalized spacial score (nSPS) is 22.2. The van der Waals surface area contributed by atoms with Gasteiger partial charge in [0, 0.05) is 24.4 Å². The molecule has 3 rings (SSSR count). The number of nitrogens with two attached hydrogens (primary N) is 1. The lowest BCUT2D eigenvalue weighted by atomic mass is 10.1. The van der Waals surface area contributed by atoms with Crippen LogP contribution in [0.15, 0.2) is 24.4 Å². The standard InChI is InChI=1S/C15H19N3O3/c1-19-14-5-4-12-15(18-14)13(6-7-17-12)21-9-11-3-2-10(16)8-20-11/h4-7,10-11H,2-3,8-9,16H2,1H3/t10-,11+/m1/s1. The minimum absolute atomic E-state index is 0.0821. The average molecular weight is 289 g/mol. The van der Waals surface area contributed by atoms with Gasteiger partial charge in [0.25, 0.3) is 0 Å². The first-order chi connectivity index (χ1) is 10.3. The van der Waals surface area contributed by atoms with Crippen LogP contribution in [0.4, 0.5) is 0 Å². The molecule has 1 fully saturated rings. The van der Waals surface area contributed by atoms with E-state index >= 15 is 0 Å². The highest BCUT2D eigenvalue weighted by Gasteiger charge is 2.20. The Balaban J connectivity index is 1.74. The van der Waals surface area contributed by atoms with Crippen LogP contribution in [0.25, 0.3) is 11.0 Å². The maximum Gasteiger partial charge on any atom is 0.213 e. The van der Waals surface area contributed by atoms with Gasteiger partial charge in [-0.15, -0.1) is 0 Å². The second kappa shape index (κ2) is 6.24. The number of fused-ring (bicyclic) bond motifs is 1. The largest absolute Gasteiger partial charge is 0.488 e. The number of nitrogens with zero attached hydrogens (tertiary/aromatic N) is 2. The van der Waals surface area contributed by atoms with E-state index in [1.165, 1.54) is 0 Å². The summed E-state index contributed by atoms with van der Waals surface area (Å²) < 4.78 is 16.7. The number of ether oxygens (including phenoxy) is 3. The van der Waals surface area contributed by atoms with Gasteiger partial charge in [0.15, 0.2) is 0 Å². The van der Waals surface area contributed by atoms with Gasteiger partial charge in [0.05, 0.1) is 25.3 Å². The molecule has 112 valence electrons. The van der Waals surface area contributed by atoms with Crippen molar-refractivity contribution in [2.75, 3.05) is 20.3 Å². The van der Waals surface area contributed by atoms with Gasteiger partial charge in [0.1, 0.15) is 17.9 Å². The van der Waals surface area contributed by atoms with E-state index in [4.69, 9.17) is 19.9 Å². The predicted octanol–water partition coefficient (Wildman–Crippen LogP) is 1.52. The quantitative estimate of drug-likeness (QED) is 0.919. The van der Waals surface area contributed by atoms with Crippen LogP contribution >= 0.6 is 0 Å². The monoisotopic (exact) mass is 289 g/mol. The minimum Gasteiger partial charge on any atom is -0.488 e. The summed E-state index contributed by atoms with van der Waals surface area (Å²) in [6.45, 7) is 1.09. The second-order valence-corrected chi connectivity index (χ2v) is 5.13. The maximum absolute atomic E-state index is 5.87. The van der Waals surface area contributed by atoms with Crippen molar-refractivity contribution >= 4 is 11.0 Å². The van der Waals surface area contributed by atoms with Gasteiger partial charge >= 0.3 is 0 Å². The zero-order chi connectivity index (χ0) is 14.7. The number of aromatic nitrogens is 2. The van der Waals surface area contributed by atoms with E-state index in [-0.39, 0.29) is 12.1 Å². The molecule has 0 amide bonds. The summed E-state index contributed by atoms with van der Waals surface area (Å²) in [6, 6.07) is 5.60. The summed E-state index contributed by atoms with van der Waals surface area (Å²) in [5.74, 6) is 1.23. The molecule has 0 aromatic carbocycles. The Bertz CT molecular complexity index is 612. The smallest absolute Gasteiger partial charge is 0.213 e. The Morgan fingerprint density at radius 1 is 1.33 bits per heavy atom.